The number of fused-ring (bicyclic) bond motifs is 1. The average Bonchev–Trinajstić information content (AvgIpc) is 3.01. The van der Waals surface area contributed by atoms with Crippen molar-refractivity contribution in [2.45, 2.75) is 32.2 Å². The summed E-state index contributed by atoms with van der Waals surface area (Å²) in [6.45, 7) is 5.40. The molecule has 1 unspecified atom stereocenters. The molecule has 4 rings (SSSR count). The van der Waals surface area contributed by atoms with Crippen molar-refractivity contribution in [2.24, 2.45) is 0 Å². The van der Waals surface area contributed by atoms with E-state index < -0.39 is 0 Å². The van der Waals surface area contributed by atoms with Crippen LogP contribution in [0.15, 0.2) is 52.9 Å². The van der Waals surface area contributed by atoms with E-state index in [0.29, 0.717) is 5.92 Å². The molecule has 3 nitrogen and oxygen atoms in total. The first-order chi connectivity index (χ1) is 11.3. The van der Waals surface area contributed by atoms with E-state index in [-0.39, 0.29) is 0 Å². The lowest BCUT2D eigenvalue weighted by atomic mass is 9.97. The van der Waals surface area contributed by atoms with Gasteiger partial charge in [0.25, 0.3) is 0 Å². The maximum Gasteiger partial charge on any atom is 0.199 e. The van der Waals surface area contributed by atoms with Crippen LogP contribution in [-0.4, -0.2) is 23.0 Å². The van der Waals surface area contributed by atoms with Crippen LogP contribution in [0.3, 0.4) is 0 Å². The van der Waals surface area contributed by atoms with Gasteiger partial charge in [-0.05, 0) is 49.6 Å². The Morgan fingerprint density at radius 3 is 2.83 bits per heavy atom. The Hall–Kier alpha value is -2.13. The Balaban J connectivity index is 1.51. The molecule has 118 valence electrons. The maximum absolute atomic E-state index is 5.99. The summed E-state index contributed by atoms with van der Waals surface area (Å²) in [6.07, 6.45) is 2.37. The number of aryl methyl sites for hydroxylation is 1. The molecule has 1 aliphatic heterocycles. The molecule has 1 fully saturated rings. The van der Waals surface area contributed by atoms with Crippen LogP contribution in [0.4, 0.5) is 0 Å². The summed E-state index contributed by atoms with van der Waals surface area (Å²) >= 11 is 0. The number of aromatic nitrogens is 1. The third-order valence-corrected chi connectivity index (χ3v) is 4.82. The van der Waals surface area contributed by atoms with E-state index in [9.17, 15) is 0 Å². The molecule has 0 saturated carbocycles. The quantitative estimate of drug-likeness (QED) is 0.712. The van der Waals surface area contributed by atoms with Gasteiger partial charge in [-0.25, -0.2) is 4.98 Å². The molecule has 2 heterocycles. The van der Waals surface area contributed by atoms with Gasteiger partial charge in [0.1, 0.15) is 5.52 Å². The lowest BCUT2D eigenvalue weighted by Crippen LogP contribution is -2.34. The largest absolute Gasteiger partial charge is 0.440 e. The number of likely N-dealkylation sites (tertiary alicyclic amines) is 1. The predicted molar refractivity (Wildman–Crippen MR) is 92.4 cm³/mol. The third kappa shape index (κ3) is 3.02. The second-order valence-corrected chi connectivity index (χ2v) is 6.52. The first kappa shape index (κ1) is 14.5. The second kappa shape index (κ2) is 6.17. The second-order valence-electron chi connectivity index (χ2n) is 6.52. The maximum atomic E-state index is 5.99. The van der Waals surface area contributed by atoms with Crippen LogP contribution in [0.25, 0.3) is 11.1 Å². The Kier molecular flexibility index (Phi) is 3.88. The standard InChI is InChI=1S/C20H22N2O/c1-15-7-2-3-8-16(15)13-22-12-6-9-17(14-22)20-21-18-10-4-5-11-19(18)23-20/h2-5,7-8,10-11,17H,6,9,12-14H2,1H3. The van der Waals surface area contributed by atoms with Gasteiger partial charge in [0.05, 0.1) is 0 Å². The van der Waals surface area contributed by atoms with Gasteiger partial charge in [-0.15, -0.1) is 0 Å². The highest BCUT2D eigenvalue weighted by Crippen LogP contribution is 2.29. The fraction of sp³-hybridized carbons (Fsp3) is 0.350. The van der Waals surface area contributed by atoms with Gasteiger partial charge in [-0.2, -0.15) is 0 Å². The van der Waals surface area contributed by atoms with Crippen LogP contribution < -0.4 is 0 Å². The summed E-state index contributed by atoms with van der Waals surface area (Å²) in [6, 6.07) is 16.7. The smallest absolute Gasteiger partial charge is 0.199 e. The molecule has 0 spiro atoms. The van der Waals surface area contributed by atoms with E-state index in [4.69, 9.17) is 9.40 Å². The number of hydrogen-bond donors (Lipinski definition) is 0. The van der Waals surface area contributed by atoms with Crippen LogP contribution in [0.2, 0.25) is 0 Å². The van der Waals surface area contributed by atoms with Gasteiger partial charge in [0, 0.05) is 19.0 Å². The van der Waals surface area contributed by atoms with Crippen molar-refractivity contribution < 1.29 is 4.42 Å². The zero-order valence-corrected chi connectivity index (χ0v) is 13.5. The van der Waals surface area contributed by atoms with Crippen molar-refractivity contribution in [3.05, 3.63) is 65.5 Å². The number of para-hydroxylation sites is 2. The first-order valence-corrected chi connectivity index (χ1v) is 8.42. The summed E-state index contributed by atoms with van der Waals surface area (Å²) in [5.74, 6) is 1.31. The van der Waals surface area contributed by atoms with Crippen LogP contribution in [0, 0.1) is 6.92 Å². The van der Waals surface area contributed by atoms with E-state index in [1.54, 1.807) is 0 Å². The van der Waals surface area contributed by atoms with Gasteiger partial charge in [0.15, 0.2) is 11.5 Å². The van der Waals surface area contributed by atoms with Gasteiger partial charge in [0.2, 0.25) is 0 Å². The molecule has 0 radical (unpaired) electrons. The van der Waals surface area contributed by atoms with Crippen LogP contribution in [0.5, 0.6) is 0 Å². The van der Waals surface area contributed by atoms with Crippen LogP contribution >= 0.6 is 0 Å². The number of benzene rings is 2. The predicted octanol–water partition coefficient (Wildman–Crippen LogP) is 4.52. The van der Waals surface area contributed by atoms with Gasteiger partial charge < -0.3 is 4.42 Å². The molecule has 23 heavy (non-hydrogen) atoms. The van der Waals surface area contributed by atoms with E-state index >= 15 is 0 Å². The molecule has 0 amide bonds. The van der Waals surface area contributed by atoms with Crippen molar-refractivity contribution in [2.75, 3.05) is 13.1 Å². The normalized spacial score (nSPS) is 19.3. The number of oxazole rings is 1. The van der Waals surface area contributed by atoms with Crippen LogP contribution in [-0.2, 0) is 6.54 Å². The zero-order chi connectivity index (χ0) is 15.6. The van der Waals surface area contributed by atoms with Gasteiger partial charge in [-0.3, -0.25) is 4.90 Å². The molecule has 1 atom stereocenters. The summed E-state index contributed by atoms with van der Waals surface area (Å²) in [5.41, 5.74) is 4.67. The highest BCUT2D eigenvalue weighted by molar-refractivity contribution is 5.72. The highest BCUT2D eigenvalue weighted by Gasteiger charge is 2.25. The molecule has 2 aromatic carbocycles. The molecule has 1 aromatic heterocycles. The van der Waals surface area contributed by atoms with E-state index in [2.05, 4.69) is 36.1 Å². The topological polar surface area (TPSA) is 29.3 Å². The Morgan fingerprint density at radius 2 is 1.96 bits per heavy atom. The number of piperidine rings is 1. The molecule has 3 heteroatoms. The van der Waals surface area contributed by atoms with Crippen molar-refractivity contribution in [3.63, 3.8) is 0 Å². The van der Waals surface area contributed by atoms with E-state index in [1.807, 2.05) is 24.3 Å². The average molecular weight is 306 g/mol. The Labute approximate surface area is 136 Å². The first-order valence-electron chi connectivity index (χ1n) is 8.42. The van der Waals surface area contributed by atoms with Crippen molar-refractivity contribution in [1.82, 2.24) is 9.88 Å². The molecule has 1 aliphatic rings. The molecular weight excluding hydrogens is 284 g/mol. The molecular formula is C20H22N2O. The number of nitrogens with zero attached hydrogens (tertiary/aromatic N) is 2. The van der Waals surface area contributed by atoms with Gasteiger partial charge in [-0.1, -0.05) is 36.4 Å². The molecule has 1 saturated heterocycles. The Bertz CT molecular complexity index is 775. The summed E-state index contributed by atoms with van der Waals surface area (Å²) < 4.78 is 5.99. The summed E-state index contributed by atoms with van der Waals surface area (Å²) in [7, 11) is 0. The fourth-order valence-corrected chi connectivity index (χ4v) is 3.49. The number of rotatable bonds is 3. The minimum atomic E-state index is 0.403. The third-order valence-electron chi connectivity index (χ3n) is 4.82. The lowest BCUT2D eigenvalue weighted by Gasteiger charge is -2.31. The van der Waals surface area contributed by atoms with Crippen LogP contribution in [0.1, 0.15) is 35.8 Å². The minimum Gasteiger partial charge on any atom is -0.440 e. The van der Waals surface area contributed by atoms with E-state index in [1.165, 1.54) is 17.5 Å². The summed E-state index contributed by atoms with van der Waals surface area (Å²) in [5, 5.41) is 0. The minimum absolute atomic E-state index is 0.403. The van der Waals surface area contributed by atoms with Gasteiger partial charge >= 0.3 is 0 Å². The molecule has 0 aliphatic carbocycles. The SMILES string of the molecule is Cc1ccccc1CN1CCCC(c2nc3ccccc3o2)C1. The molecule has 3 aromatic rings. The van der Waals surface area contributed by atoms with Crippen molar-refractivity contribution >= 4 is 11.1 Å². The fourth-order valence-electron chi connectivity index (χ4n) is 3.49. The van der Waals surface area contributed by atoms with Crippen molar-refractivity contribution in [3.8, 4) is 0 Å². The summed E-state index contributed by atoms with van der Waals surface area (Å²) in [4.78, 5) is 7.24. The number of hydrogen-bond acceptors (Lipinski definition) is 3. The van der Waals surface area contributed by atoms with E-state index in [0.717, 1.165) is 43.0 Å². The Morgan fingerprint density at radius 1 is 1.13 bits per heavy atom. The zero-order valence-electron chi connectivity index (χ0n) is 13.5. The highest BCUT2D eigenvalue weighted by atomic mass is 16.3. The molecule has 0 bridgehead atoms. The molecule has 0 N–H and O–H groups in total. The lowest BCUT2D eigenvalue weighted by molar-refractivity contribution is 0.187. The monoisotopic (exact) mass is 306 g/mol. The van der Waals surface area contributed by atoms with Crippen molar-refractivity contribution in [1.29, 1.82) is 0 Å².